The SMILES string of the molecule is CC(=O)/C(Cc1ccccc1)=C(/C)N. The highest BCUT2D eigenvalue weighted by atomic mass is 16.1. The number of allylic oxidation sites excluding steroid dienone is 2. The molecule has 2 nitrogen and oxygen atoms in total. The van der Waals surface area contributed by atoms with Crippen LogP contribution in [0.25, 0.3) is 0 Å². The molecule has 0 aliphatic carbocycles. The minimum Gasteiger partial charge on any atom is -0.402 e. The van der Waals surface area contributed by atoms with Crippen molar-refractivity contribution in [3.63, 3.8) is 0 Å². The van der Waals surface area contributed by atoms with Gasteiger partial charge in [0.1, 0.15) is 0 Å². The molecule has 0 heterocycles. The van der Waals surface area contributed by atoms with Crippen molar-refractivity contribution in [1.29, 1.82) is 0 Å². The molecule has 0 amide bonds. The number of hydrogen-bond acceptors (Lipinski definition) is 2. The lowest BCUT2D eigenvalue weighted by Crippen LogP contribution is -2.08. The van der Waals surface area contributed by atoms with Crippen LogP contribution in [-0.4, -0.2) is 5.78 Å². The van der Waals surface area contributed by atoms with Crippen LogP contribution in [0, 0.1) is 0 Å². The summed E-state index contributed by atoms with van der Waals surface area (Å²) in [5, 5.41) is 0. The molecule has 0 saturated heterocycles. The van der Waals surface area contributed by atoms with Crippen molar-refractivity contribution in [3.8, 4) is 0 Å². The molecule has 0 aromatic heterocycles. The molecule has 0 saturated carbocycles. The highest BCUT2D eigenvalue weighted by Gasteiger charge is 2.06. The first-order chi connectivity index (χ1) is 6.61. The van der Waals surface area contributed by atoms with E-state index < -0.39 is 0 Å². The number of carbonyl (C=O) groups is 1. The maximum absolute atomic E-state index is 11.3. The van der Waals surface area contributed by atoms with E-state index in [-0.39, 0.29) is 5.78 Å². The fourth-order valence-corrected chi connectivity index (χ4v) is 1.34. The lowest BCUT2D eigenvalue weighted by atomic mass is 10.0. The highest BCUT2D eigenvalue weighted by molar-refractivity contribution is 5.94. The zero-order chi connectivity index (χ0) is 10.6. The first-order valence-electron chi connectivity index (χ1n) is 4.61. The van der Waals surface area contributed by atoms with Crippen LogP contribution in [0.2, 0.25) is 0 Å². The molecule has 0 aliphatic rings. The van der Waals surface area contributed by atoms with Crippen LogP contribution in [0.5, 0.6) is 0 Å². The average Bonchev–Trinajstić information content (AvgIpc) is 2.15. The minimum atomic E-state index is 0.0499. The zero-order valence-electron chi connectivity index (χ0n) is 8.58. The molecule has 1 aromatic rings. The lowest BCUT2D eigenvalue weighted by molar-refractivity contribution is -0.113. The van der Waals surface area contributed by atoms with E-state index in [4.69, 9.17) is 5.73 Å². The molecular weight excluding hydrogens is 174 g/mol. The minimum absolute atomic E-state index is 0.0499. The normalized spacial score (nSPS) is 12.1. The first-order valence-corrected chi connectivity index (χ1v) is 4.61. The van der Waals surface area contributed by atoms with Crippen molar-refractivity contribution in [2.75, 3.05) is 0 Å². The molecule has 0 radical (unpaired) electrons. The second kappa shape index (κ2) is 4.61. The Morgan fingerprint density at radius 2 is 1.79 bits per heavy atom. The Bertz CT molecular complexity index is 348. The van der Waals surface area contributed by atoms with Gasteiger partial charge in [0, 0.05) is 17.7 Å². The fraction of sp³-hybridized carbons (Fsp3) is 0.250. The molecule has 0 bridgehead atoms. The Balaban J connectivity index is 2.87. The summed E-state index contributed by atoms with van der Waals surface area (Å²) in [5.41, 5.74) is 8.07. The van der Waals surface area contributed by atoms with Gasteiger partial charge in [0.25, 0.3) is 0 Å². The third-order valence-electron chi connectivity index (χ3n) is 2.12. The van der Waals surface area contributed by atoms with Gasteiger partial charge in [0.2, 0.25) is 0 Å². The van der Waals surface area contributed by atoms with Crippen LogP contribution in [0.3, 0.4) is 0 Å². The van der Waals surface area contributed by atoms with E-state index in [9.17, 15) is 4.79 Å². The van der Waals surface area contributed by atoms with Crippen molar-refractivity contribution in [2.45, 2.75) is 20.3 Å². The van der Waals surface area contributed by atoms with Gasteiger partial charge in [0.15, 0.2) is 5.78 Å². The van der Waals surface area contributed by atoms with E-state index in [0.29, 0.717) is 17.7 Å². The Labute approximate surface area is 84.4 Å². The number of ketones is 1. The molecular formula is C12H15NO. The number of rotatable bonds is 3. The number of hydrogen-bond donors (Lipinski definition) is 1. The molecule has 1 rings (SSSR count). The van der Waals surface area contributed by atoms with E-state index in [2.05, 4.69) is 0 Å². The number of benzene rings is 1. The predicted molar refractivity (Wildman–Crippen MR) is 57.7 cm³/mol. The molecule has 14 heavy (non-hydrogen) atoms. The molecule has 74 valence electrons. The molecule has 0 spiro atoms. The Morgan fingerprint density at radius 1 is 1.21 bits per heavy atom. The number of carbonyl (C=O) groups excluding carboxylic acids is 1. The first kappa shape index (κ1) is 10.5. The van der Waals surface area contributed by atoms with Gasteiger partial charge in [-0.3, -0.25) is 4.79 Å². The van der Waals surface area contributed by atoms with Crippen LogP contribution >= 0.6 is 0 Å². The molecule has 0 atom stereocenters. The molecule has 0 fully saturated rings. The van der Waals surface area contributed by atoms with Crippen molar-refractivity contribution in [2.24, 2.45) is 5.73 Å². The van der Waals surface area contributed by atoms with Gasteiger partial charge < -0.3 is 5.73 Å². The number of Topliss-reactive ketones (excluding diaryl/α,β-unsaturated/α-hetero) is 1. The van der Waals surface area contributed by atoms with Crippen molar-refractivity contribution in [1.82, 2.24) is 0 Å². The Kier molecular flexibility index (Phi) is 3.46. The summed E-state index contributed by atoms with van der Waals surface area (Å²) in [6, 6.07) is 9.85. The third kappa shape index (κ3) is 2.73. The van der Waals surface area contributed by atoms with Crippen LogP contribution in [-0.2, 0) is 11.2 Å². The smallest absolute Gasteiger partial charge is 0.157 e. The molecule has 0 aliphatic heterocycles. The summed E-state index contributed by atoms with van der Waals surface area (Å²) in [5.74, 6) is 0.0499. The summed E-state index contributed by atoms with van der Waals surface area (Å²) in [7, 11) is 0. The summed E-state index contributed by atoms with van der Waals surface area (Å²) in [6.45, 7) is 3.31. The Morgan fingerprint density at radius 3 is 2.21 bits per heavy atom. The Hall–Kier alpha value is -1.57. The van der Waals surface area contributed by atoms with Gasteiger partial charge in [-0.1, -0.05) is 30.3 Å². The van der Waals surface area contributed by atoms with E-state index in [1.807, 2.05) is 30.3 Å². The van der Waals surface area contributed by atoms with Crippen molar-refractivity contribution in [3.05, 3.63) is 47.2 Å². The van der Waals surface area contributed by atoms with Crippen molar-refractivity contribution >= 4 is 5.78 Å². The fourth-order valence-electron chi connectivity index (χ4n) is 1.34. The van der Waals surface area contributed by atoms with Gasteiger partial charge in [-0.2, -0.15) is 0 Å². The van der Waals surface area contributed by atoms with Gasteiger partial charge >= 0.3 is 0 Å². The average molecular weight is 189 g/mol. The van der Waals surface area contributed by atoms with Crippen LogP contribution in [0.15, 0.2) is 41.6 Å². The molecule has 1 aromatic carbocycles. The summed E-state index contributed by atoms with van der Waals surface area (Å²) in [6.07, 6.45) is 0.624. The summed E-state index contributed by atoms with van der Waals surface area (Å²) in [4.78, 5) is 11.3. The second-order valence-corrected chi connectivity index (χ2v) is 3.38. The molecule has 2 heteroatoms. The maximum atomic E-state index is 11.3. The van der Waals surface area contributed by atoms with Gasteiger partial charge in [-0.05, 0) is 19.4 Å². The van der Waals surface area contributed by atoms with Gasteiger partial charge in [-0.15, -0.1) is 0 Å². The molecule has 0 unspecified atom stereocenters. The van der Waals surface area contributed by atoms with Crippen molar-refractivity contribution < 1.29 is 4.79 Å². The monoisotopic (exact) mass is 189 g/mol. The van der Waals surface area contributed by atoms with Crippen LogP contribution in [0.1, 0.15) is 19.4 Å². The second-order valence-electron chi connectivity index (χ2n) is 3.38. The predicted octanol–water partition coefficient (Wildman–Crippen LogP) is 2.05. The third-order valence-corrected chi connectivity index (χ3v) is 2.12. The van der Waals surface area contributed by atoms with E-state index in [1.54, 1.807) is 13.8 Å². The summed E-state index contributed by atoms with van der Waals surface area (Å²) >= 11 is 0. The van der Waals surface area contributed by atoms with Crippen LogP contribution in [0.4, 0.5) is 0 Å². The summed E-state index contributed by atoms with van der Waals surface area (Å²) < 4.78 is 0. The zero-order valence-corrected chi connectivity index (χ0v) is 8.58. The van der Waals surface area contributed by atoms with Gasteiger partial charge in [-0.25, -0.2) is 0 Å². The lowest BCUT2D eigenvalue weighted by Gasteiger charge is -2.05. The van der Waals surface area contributed by atoms with Gasteiger partial charge in [0.05, 0.1) is 0 Å². The topological polar surface area (TPSA) is 43.1 Å². The standard InChI is InChI=1S/C12H15NO/c1-9(13)12(10(2)14)8-11-6-4-3-5-7-11/h3-7H,8,13H2,1-2H3/b12-9-. The van der Waals surface area contributed by atoms with E-state index in [0.717, 1.165) is 5.56 Å². The van der Waals surface area contributed by atoms with Crippen LogP contribution < -0.4 is 5.73 Å². The molecule has 2 N–H and O–H groups in total. The maximum Gasteiger partial charge on any atom is 0.157 e. The van der Waals surface area contributed by atoms with E-state index in [1.165, 1.54) is 0 Å². The largest absolute Gasteiger partial charge is 0.402 e. The van der Waals surface area contributed by atoms with E-state index >= 15 is 0 Å². The highest BCUT2D eigenvalue weighted by Crippen LogP contribution is 2.10. The quantitative estimate of drug-likeness (QED) is 0.739. The number of nitrogens with two attached hydrogens (primary N) is 1.